The van der Waals surface area contributed by atoms with Gasteiger partial charge in [0.2, 0.25) is 16.9 Å². The molecule has 2 fully saturated rings. The molecule has 2 aliphatic rings. The lowest BCUT2D eigenvalue weighted by Crippen LogP contribution is -2.44. The van der Waals surface area contributed by atoms with Gasteiger partial charge in [0.1, 0.15) is 5.01 Å². The normalized spacial score (nSPS) is 21.8. The molecule has 8 nitrogen and oxygen atoms in total. The number of nitrogens with one attached hydrogen (secondary N) is 1. The van der Waals surface area contributed by atoms with Gasteiger partial charge in [-0.2, -0.15) is 0 Å². The number of hydrogen-bond donors (Lipinski definition) is 1. The molecule has 1 aromatic heterocycles. The number of piperidine rings is 1. The van der Waals surface area contributed by atoms with Crippen LogP contribution in [0.4, 0.5) is 5.13 Å². The van der Waals surface area contributed by atoms with Crippen molar-refractivity contribution in [1.29, 1.82) is 0 Å². The molecule has 1 atom stereocenters. The van der Waals surface area contributed by atoms with Crippen molar-refractivity contribution in [3.05, 3.63) is 5.01 Å². The summed E-state index contributed by atoms with van der Waals surface area (Å²) in [5.74, 6) is 1.10. The highest BCUT2D eigenvalue weighted by Crippen LogP contribution is 2.32. The van der Waals surface area contributed by atoms with Crippen LogP contribution in [-0.2, 0) is 14.3 Å². The van der Waals surface area contributed by atoms with Gasteiger partial charge in [-0.05, 0) is 44.7 Å². The van der Waals surface area contributed by atoms with Crippen LogP contribution in [0.1, 0.15) is 56.9 Å². The van der Waals surface area contributed by atoms with Crippen LogP contribution in [0, 0.1) is 11.8 Å². The molecule has 0 spiro atoms. The maximum absolute atomic E-state index is 13.0. The van der Waals surface area contributed by atoms with E-state index < -0.39 is 0 Å². The van der Waals surface area contributed by atoms with E-state index in [1.807, 2.05) is 4.90 Å². The molecule has 0 saturated carbocycles. The van der Waals surface area contributed by atoms with E-state index in [4.69, 9.17) is 4.74 Å². The van der Waals surface area contributed by atoms with Gasteiger partial charge in [-0.3, -0.25) is 19.8 Å². The van der Waals surface area contributed by atoms with Gasteiger partial charge in [0.25, 0.3) is 0 Å². The summed E-state index contributed by atoms with van der Waals surface area (Å²) in [6.45, 7) is 8.33. The number of rotatable bonds is 8. The highest BCUT2D eigenvalue weighted by molar-refractivity contribution is 7.15. The number of nitrogens with zero attached hydrogens (tertiary/aromatic N) is 4. The average Bonchev–Trinajstić information content (AvgIpc) is 3.11. The number of anilines is 1. The second kappa shape index (κ2) is 11.2. The van der Waals surface area contributed by atoms with Gasteiger partial charge in [-0.25, -0.2) is 0 Å². The Morgan fingerprint density at radius 2 is 1.97 bits per heavy atom. The zero-order chi connectivity index (χ0) is 21.5. The number of ether oxygens (including phenoxy) is 1. The first kappa shape index (κ1) is 23.1. The van der Waals surface area contributed by atoms with Crippen LogP contribution >= 0.6 is 11.3 Å². The molecule has 30 heavy (non-hydrogen) atoms. The van der Waals surface area contributed by atoms with Crippen molar-refractivity contribution in [3.8, 4) is 0 Å². The van der Waals surface area contributed by atoms with Crippen LogP contribution in [-0.4, -0.2) is 78.3 Å². The number of carbonyl (C=O) groups is 2. The first-order valence-corrected chi connectivity index (χ1v) is 11.9. The molecule has 3 heterocycles. The van der Waals surface area contributed by atoms with Crippen molar-refractivity contribution in [2.45, 2.75) is 51.9 Å². The standard InChI is InChI=1S/C21H35N5O3S/c1-15(2)19-23-24-21(30-19)22-18(27)14-25-10-7-16(8-11-25)17-6-4-5-9-26(20(17)28)12-13-29-3/h15-17H,4-14H2,1-3H3,(H,22,24,27)/t17-/m1/s1. The second-order valence-electron chi connectivity index (χ2n) is 8.68. The molecule has 0 aromatic carbocycles. The summed E-state index contributed by atoms with van der Waals surface area (Å²) in [4.78, 5) is 29.6. The first-order chi connectivity index (χ1) is 14.5. The quantitative estimate of drug-likeness (QED) is 0.673. The van der Waals surface area contributed by atoms with Crippen LogP contribution in [0.5, 0.6) is 0 Å². The van der Waals surface area contributed by atoms with Crippen molar-refractivity contribution in [2.24, 2.45) is 11.8 Å². The molecule has 9 heteroatoms. The molecule has 2 aliphatic heterocycles. The Hall–Kier alpha value is -1.58. The van der Waals surface area contributed by atoms with E-state index in [1.54, 1.807) is 7.11 Å². The fourth-order valence-electron chi connectivity index (χ4n) is 4.39. The van der Waals surface area contributed by atoms with Crippen LogP contribution < -0.4 is 5.32 Å². The van der Waals surface area contributed by atoms with Gasteiger partial charge in [0.15, 0.2) is 0 Å². The Balaban J connectivity index is 1.46. The molecule has 0 bridgehead atoms. The molecule has 1 N–H and O–H groups in total. The van der Waals surface area contributed by atoms with Crippen molar-refractivity contribution >= 4 is 28.3 Å². The molecule has 3 rings (SSSR count). The summed E-state index contributed by atoms with van der Waals surface area (Å²) in [6, 6.07) is 0. The number of aromatic nitrogens is 2. The van der Waals surface area contributed by atoms with Crippen LogP contribution in [0.15, 0.2) is 0 Å². The van der Waals surface area contributed by atoms with Gasteiger partial charge >= 0.3 is 0 Å². The van der Waals surface area contributed by atoms with Gasteiger partial charge < -0.3 is 9.64 Å². The number of likely N-dealkylation sites (tertiary alicyclic amines) is 2. The van der Waals surface area contributed by atoms with Crippen molar-refractivity contribution < 1.29 is 14.3 Å². The highest BCUT2D eigenvalue weighted by atomic mass is 32.1. The molecular weight excluding hydrogens is 402 g/mol. The molecule has 0 aliphatic carbocycles. The van der Waals surface area contributed by atoms with E-state index in [0.717, 1.165) is 56.7 Å². The summed E-state index contributed by atoms with van der Waals surface area (Å²) >= 11 is 1.43. The Morgan fingerprint density at radius 1 is 1.20 bits per heavy atom. The molecule has 1 aromatic rings. The zero-order valence-corrected chi connectivity index (χ0v) is 19.2. The monoisotopic (exact) mass is 437 g/mol. The Bertz CT molecular complexity index is 703. The Morgan fingerprint density at radius 3 is 2.63 bits per heavy atom. The van der Waals surface area contributed by atoms with E-state index in [1.165, 1.54) is 11.3 Å². The molecule has 168 valence electrons. The van der Waals surface area contributed by atoms with Crippen molar-refractivity contribution in [2.75, 3.05) is 51.8 Å². The zero-order valence-electron chi connectivity index (χ0n) is 18.4. The summed E-state index contributed by atoms with van der Waals surface area (Å²) in [7, 11) is 1.68. The van der Waals surface area contributed by atoms with Gasteiger partial charge in [0, 0.05) is 32.0 Å². The van der Waals surface area contributed by atoms with E-state index in [0.29, 0.717) is 42.6 Å². The predicted octanol–water partition coefficient (Wildman–Crippen LogP) is 2.59. The van der Waals surface area contributed by atoms with Gasteiger partial charge in [0.05, 0.1) is 13.2 Å². The lowest BCUT2D eigenvalue weighted by atomic mass is 9.81. The SMILES string of the molecule is COCCN1CCCC[C@H](C2CCN(CC(=O)Nc3nnc(C(C)C)s3)CC2)C1=O. The summed E-state index contributed by atoms with van der Waals surface area (Å²) in [6.07, 6.45) is 5.12. The number of carbonyl (C=O) groups excluding carboxylic acids is 2. The number of hydrogen-bond acceptors (Lipinski definition) is 7. The van der Waals surface area contributed by atoms with E-state index >= 15 is 0 Å². The summed E-state index contributed by atoms with van der Waals surface area (Å²) in [5.41, 5.74) is 0. The minimum absolute atomic E-state index is 0.0452. The van der Waals surface area contributed by atoms with E-state index in [-0.39, 0.29) is 11.8 Å². The third-order valence-corrected chi connectivity index (χ3v) is 7.28. The largest absolute Gasteiger partial charge is 0.383 e. The van der Waals surface area contributed by atoms with Crippen LogP contribution in [0.2, 0.25) is 0 Å². The fourth-order valence-corrected chi connectivity index (χ4v) is 5.15. The first-order valence-electron chi connectivity index (χ1n) is 11.1. The second-order valence-corrected chi connectivity index (χ2v) is 9.69. The predicted molar refractivity (Wildman–Crippen MR) is 118 cm³/mol. The highest BCUT2D eigenvalue weighted by Gasteiger charge is 2.35. The maximum atomic E-state index is 13.0. The smallest absolute Gasteiger partial charge is 0.240 e. The van der Waals surface area contributed by atoms with Crippen molar-refractivity contribution in [3.63, 3.8) is 0 Å². The Labute approximate surface area is 183 Å². The molecule has 0 radical (unpaired) electrons. The third-order valence-electron chi connectivity index (χ3n) is 6.14. The van der Waals surface area contributed by atoms with E-state index in [2.05, 4.69) is 34.3 Å². The third kappa shape index (κ3) is 6.21. The average molecular weight is 438 g/mol. The lowest BCUT2D eigenvalue weighted by Gasteiger charge is -2.36. The molecule has 2 saturated heterocycles. The van der Waals surface area contributed by atoms with Gasteiger partial charge in [-0.15, -0.1) is 10.2 Å². The number of methoxy groups -OCH3 is 1. The number of amides is 2. The van der Waals surface area contributed by atoms with Crippen LogP contribution in [0.25, 0.3) is 0 Å². The lowest BCUT2D eigenvalue weighted by molar-refractivity contribution is -0.138. The molecule has 2 amide bonds. The van der Waals surface area contributed by atoms with E-state index in [9.17, 15) is 9.59 Å². The van der Waals surface area contributed by atoms with Crippen LogP contribution in [0.3, 0.4) is 0 Å². The maximum Gasteiger partial charge on any atom is 0.240 e. The fraction of sp³-hybridized carbons (Fsp3) is 0.810. The minimum Gasteiger partial charge on any atom is -0.383 e. The molecule has 0 unspecified atom stereocenters. The molecular formula is C21H35N5O3S. The summed E-state index contributed by atoms with van der Waals surface area (Å²) < 4.78 is 5.17. The van der Waals surface area contributed by atoms with Gasteiger partial charge in [-0.1, -0.05) is 31.6 Å². The minimum atomic E-state index is -0.0452. The Kier molecular flexibility index (Phi) is 8.59. The van der Waals surface area contributed by atoms with Crippen molar-refractivity contribution in [1.82, 2.24) is 20.0 Å². The summed E-state index contributed by atoms with van der Waals surface area (Å²) in [5, 5.41) is 12.5. The topological polar surface area (TPSA) is 87.7 Å².